The number of carbonyl (C=O) groups is 3. The molecular formula is C26H35FO8S. The molecule has 0 aromatic rings. The zero-order valence-electron chi connectivity index (χ0n) is 21.4. The van der Waals surface area contributed by atoms with Crippen LogP contribution in [0.1, 0.15) is 59.8 Å². The summed E-state index contributed by atoms with van der Waals surface area (Å²) in [7, 11) is -3.95. The van der Waals surface area contributed by atoms with Gasteiger partial charge in [-0.15, -0.1) is 0 Å². The van der Waals surface area contributed by atoms with Crippen LogP contribution in [0.15, 0.2) is 23.8 Å². The van der Waals surface area contributed by atoms with E-state index in [1.165, 1.54) is 12.2 Å². The molecular weight excluding hydrogens is 491 g/mol. The summed E-state index contributed by atoms with van der Waals surface area (Å²) in [6.45, 7) is 5.94. The molecule has 36 heavy (non-hydrogen) atoms. The zero-order chi connectivity index (χ0) is 26.9. The molecule has 0 saturated heterocycles. The molecule has 0 heterocycles. The van der Waals surface area contributed by atoms with Gasteiger partial charge in [0.2, 0.25) is 5.78 Å². The lowest BCUT2D eigenvalue weighted by Gasteiger charge is -2.62. The summed E-state index contributed by atoms with van der Waals surface area (Å²) in [5.74, 6) is -3.26. The number of carbonyl (C=O) groups excluding carboxylic acids is 3. The van der Waals surface area contributed by atoms with Gasteiger partial charge in [-0.25, -0.2) is 4.39 Å². The van der Waals surface area contributed by atoms with Crippen LogP contribution < -0.4 is 0 Å². The van der Waals surface area contributed by atoms with Gasteiger partial charge in [0.1, 0.15) is 6.61 Å². The van der Waals surface area contributed by atoms with Crippen LogP contribution in [0.4, 0.5) is 4.39 Å². The second-order valence-corrected chi connectivity index (χ2v) is 13.0. The van der Waals surface area contributed by atoms with Gasteiger partial charge in [0.15, 0.2) is 17.1 Å². The second-order valence-electron chi connectivity index (χ2n) is 11.4. The predicted octanol–water partition coefficient (Wildman–Crippen LogP) is 2.84. The van der Waals surface area contributed by atoms with E-state index < -0.39 is 74.4 Å². The number of rotatable bonds is 6. The number of aliphatic hydroxyl groups excluding tert-OH is 1. The lowest BCUT2D eigenvalue weighted by molar-refractivity contribution is -0.228. The smallest absolute Gasteiger partial charge is 0.306 e. The van der Waals surface area contributed by atoms with E-state index in [2.05, 4.69) is 0 Å². The molecule has 0 amide bonds. The number of Topliss-reactive ketones (excluding diaryl/α,β-unsaturated/α-hetero) is 1. The number of fused-ring (bicyclic) bond motifs is 5. The molecule has 0 spiro atoms. The molecule has 1 N–H and O–H groups in total. The van der Waals surface area contributed by atoms with Gasteiger partial charge < -0.3 is 9.84 Å². The molecule has 4 rings (SSSR count). The molecule has 3 saturated carbocycles. The topological polar surface area (TPSA) is 124 Å². The molecule has 10 heteroatoms. The van der Waals surface area contributed by atoms with E-state index in [9.17, 15) is 27.9 Å². The zero-order valence-corrected chi connectivity index (χ0v) is 22.2. The highest BCUT2D eigenvalue weighted by atomic mass is 32.2. The highest BCUT2D eigenvalue weighted by Crippen LogP contribution is 2.71. The lowest BCUT2D eigenvalue weighted by atomic mass is 9.44. The Bertz CT molecular complexity index is 1160. The fraction of sp³-hybridized carbons (Fsp3) is 0.731. The maximum atomic E-state index is 17.3. The molecule has 0 bridgehead atoms. The van der Waals surface area contributed by atoms with Gasteiger partial charge in [-0.05, 0) is 50.7 Å². The van der Waals surface area contributed by atoms with E-state index in [1.807, 2.05) is 0 Å². The van der Waals surface area contributed by atoms with Crippen LogP contribution in [0.25, 0.3) is 0 Å². The number of halogens is 1. The molecule has 3 fully saturated rings. The third-order valence-electron chi connectivity index (χ3n) is 9.56. The SMILES string of the molecule is CCC(=O)O[C@]1(C(=O)COS(C)(=O)=O)C(C)C[C@H]2[C@@H]3CCC4=CC(=O)C=C[C@]4(C)C3(F)C(O)C[C@@]21C. The highest BCUT2D eigenvalue weighted by molar-refractivity contribution is 7.86. The number of esters is 1. The predicted molar refractivity (Wildman–Crippen MR) is 128 cm³/mol. The number of allylic oxidation sites excluding steroid dienone is 4. The Morgan fingerprint density at radius 3 is 2.53 bits per heavy atom. The Hall–Kier alpha value is -1.91. The van der Waals surface area contributed by atoms with Crippen molar-refractivity contribution in [2.45, 2.75) is 77.2 Å². The average molecular weight is 527 g/mol. The van der Waals surface area contributed by atoms with E-state index in [4.69, 9.17) is 8.92 Å². The van der Waals surface area contributed by atoms with E-state index in [-0.39, 0.29) is 18.6 Å². The number of ether oxygens (including phenoxy) is 1. The van der Waals surface area contributed by atoms with Gasteiger partial charge in [-0.2, -0.15) is 8.42 Å². The Morgan fingerprint density at radius 2 is 1.92 bits per heavy atom. The van der Waals surface area contributed by atoms with Crippen LogP contribution in [0.5, 0.6) is 0 Å². The number of hydrogen-bond donors (Lipinski definition) is 1. The van der Waals surface area contributed by atoms with Crippen molar-refractivity contribution in [1.82, 2.24) is 0 Å². The summed E-state index contributed by atoms with van der Waals surface area (Å²) in [6.07, 6.45) is 4.61. The minimum Gasteiger partial charge on any atom is -0.450 e. The first kappa shape index (κ1) is 27.1. The van der Waals surface area contributed by atoms with Gasteiger partial charge in [0.25, 0.3) is 10.1 Å². The van der Waals surface area contributed by atoms with Crippen molar-refractivity contribution >= 4 is 27.7 Å². The first-order valence-electron chi connectivity index (χ1n) is 12.5. The van der Waals surface area contributed by atoms with Gasteiger partial charge >= 0.3 is 5.97 Å². The number of aliphatic hydroxyl groups is 1. The average Bonchev–Trinajstić information content (AvgIpc) is 3.00. The van der Waals surface area contributed by atoms with Crippen LogP contribution in [0.2, 0.25) is 0 Å². The van der Waals surface area contributed by atoms with E-state index in [0.29, 0.717) is 24.8 Å². The summed E-state index contributed by atoms with van der Waals surface area (Å²) in [5, 5.41) is 11.5. The Morgan fingerprint density at radius 1 is 1.25 bits per heavy atom. The van der Waals surface area contributed by atoms with Gasteiger partial charge in [-0.3, -0.25) is 18.6 Å². The third-order valence-corrected chi connectivity index (χ3v) is 10.1. The van der Waals surface area contributed by atoms with Crippen LogP contribution in [-0.2, 0) is 33.4 Å². The molecule has 0 aliphatic heterocycles. The monoisotopic (exact) mass is 526 g/mol. The fourth-order valence-corrected chi connectivity index (χ4v) is 8.24. The van der Waals surface area contributed by atoms with Crippen molar-refractivity contribution in [3.05, 3.63) is 23.8 Å². The number of hydrogen-bond acceptors (Lipinski definition) is 8. The fourth-order valence-electron chi connectivity index (χ4n) is 7.92. The van der Waals surface area contributed by atoms with Gasteiger partial charge in [0.05, 0.1) is 12.4 Å². The molecule has 0 aromatic heterocycles. The normalized spacial score (nSPS) is 43.8. The minimum atomic E-state index is -3.95. The largest absolute Gasteiger partial charge is 0.450 e. The summed E-state index contributed by atoms with van der Waals surface area (Å²) < 4.78 is 51.3. The van der Waals surface area contributed by atoms with Crippen molar-refractivity contribution in [1.29, 1.82) is 0 Å². The van der Waals surface area contributed by atoms with Crippen molar-refractivity contribution in [3.8, 4) is 0 Å². The van der Waals surface area contributed by atoms with E-state index in [1.54, 1.807) is 33.8 Å². The highest BCUT2D eigenvalue weighted by Gasteiger charge is 2.77. The Kier molecular flexibility index (Phi) is 6.45. The maximum absolute atomic E-state index is 17.3. The van der Waals surface area contributed by atoms with Gasteiger partial charge in [0, 0.05) is 29.1 Å². The Labute approximate surface area is 211 Å². The summed E-state index contributed by atoms with van der Waals surface area (Å²) in [4.78, 5) is 38.3. The molecule has 200 valence electrons. The number of alkyl halides is 1. The van der Waals surface area contributed by atoms with Crippen LogP contribution in [0, 0.1) is 28.6 Å². The molecule has 4 aliphatic carbocycles. The van der Waals surface area contributed by atoms with Crippen molar-refractivity contribution in [2.24, 2.45) is 28.6 Å². The maximum Gasteiger partial charge on any atom is 0.306 e. The Balaban J connectivity index is 1.82. The molecule has 4 aliphatic rings. The standard InChI is InChI=1S/C26H35FO8S/c1-6-22(31)35-26(21(30)14-34-36(5,32)33)15(2)11-19-18-8-7-16-12-17(28)9-10-23(16,3)25(18,27)20(29)13-24(19,26)4/h9-10,12,15,18-20,29H,6-8,11,13-14H2,1-5H3/t15?,18-,19-,20?,23-,24-,25?,26-/m0/s1. The van der Waals surface area contributed by atoms with Crippen LogP contribution in [-0.4, -0.2) is 61.3 Å². The number of ketones is 2. The molecule has 3 unspecified atom stereocenters. The van der Waals surface area contributed by atoms with E-state index in [0.717, 1.165) is 6.26 Å². The summed E-state index contributed by atoms with van der Waals surface area (Å²) >= 11 is 0. The first-order valence-corrected chi connectivity index (χ1v) is 14.3. The van der Waals surface area contributed by atoms with Crippen molar-refractivity contribution < 1.29 is 41.2 Å². The molecule has 8 atom stereocenters. The first-order chi connectivity index (χ1) is 16.6. The molecule has 0 aromatic carbocycles. The van der Waals surface area contributed by atoms with E-state index >= 15 is 4.39 Å². The van der Waals surface area contributed by atoms with Crippen molar-refractivity contribution in [3.63, 3.8) is 0 Å². The van der Waals surface area contributed by atoms with Gasteiger partial charge in [-0.1, -0.05) is 32.4 Å². The quantitative estimate of drug-likeness (QED) is 0.414. The summed E-state index contributed by atoms with van der Waals surface area (Å²) in [6, 6.07) is 0. The molecule has 8 nitrogen and oxygen atoms in total. The minimum absolute atomic E-state index is 0.0144. The third kappa shape index (κ3) is 3.58. The molecule has 0 radical (unpaired) electrons. The summed E-state index contributed by atoms with van der Waals surface area (Å²) in [5.41, 5.74) is -5.60. The van der Waals surface area contributed by atoms with Crippen LogP contribution >= 0.6 is 0 Å². The second kappa shape index (κ2) is 8.56. The van der Waals surface area contributed by atoms with Crippen molar-refractivity contribution in [2.75, 3.05) is 12.9 Å². The lowest BCUT2D eigenvalue weighted by Crippen LogP contribution is -2.70. The van der Waals surface area contributed by atoms with Crippen LogP contribution in [0.3, 0.4) is 0 Å².